The van der Waals surface area contributed by atoms with Crippen molar-refractivity contribution >= 4 is 5.69 Å². The molecule has 1 aliphatic rings. The minimum absolute atomic E-state index is 0.263. The number of nitrogen functional groups attached to an aromatic ring is 1. The summed E-state index contributed by atoms with van der Waals surface area (Å²) in [6, 6.07) is 7.62. The number of nitrogens with two attached hydrogens (primary N) is 1. The molecule has 3 heteroatoms. The van der Waals surface area contributed by atoms with Crippen molar-refractivity contribution in [3.05, 3.63) is 24.3 Å². The molecular weight excluding hydrogens is 212 g/mol. The van der Waals surface area contributed by atoms with Gasteiger partial charge in [-0.25, -0.2) is 0 Å². The summed E-state index contributed by atoms with van der Waals surface area (Å²) in [7, 11) is 0. The highest BCUT2D eigenvalue weighted by atomic mass is 16.5. The Labute approximate surface area is 104 Å². The van der Waals surface area contributed by atoms with E-state index in [1.54, 1.807) is 0 Å². The Bertz CT molecular complexity index is 331. The van der Waals surface area contributed by atoms with Crippen LogP contribution in [0.2, 0.25) is 0 Å². The summed E-state index contributed by atoms with van der Waals surface area (Å²) in [5.41, 5.74) is 6.42. The Balaban J connectivity index is 1.72. The predicted molar refractivity (Wildman–Crippen MR) is 71.2 cm³/mol. The van der Waals surface area contributed by atoms with Crippen molar-refractivity contribution in [3.8, 4) is 5.75 Å². The maximum atomic E-state index is 5.85. The average Bonchev–Trinajstić information content (AvgIpc) is 2.83. The standard InChI is InChI=1S/C14H22N2O/c1-12(8-11-16-9-2-3-10-16)17-14-6-4-13(15)5-7-14/h4-7,12H,2-3,8-11,15H2,1H3. The lowest BCUT2D eigenvalue weighted by Crippen LogP contribution is -2.25. The molecule has 17 heavy (non-hydrogen) atoms. The van der Waals surface area contributed by atoms with E-state index >= 15 is 0 Å². The molecule has 0 spiro atoms. The Kier molecular flexibility index (Phi) is 4.26. The molecule has 0 saturated carbocycles. The second-order valence-corrected chi connectivity index (χ2v) is 4.83. The highest BCUT2D eigenvalue weighted by molar-refractivity contribution is 5.41. The topological polar surface area (TPSA) is 38.5 Å². The molecule has 3 nitrogen and oxygen atoms in total. The van der Waals surface area contributed by atoms with E-state index in [0.717, 1.165) is 24.4 Å². The Morgan fingerprint density at radius 2 is 1.88 bits per heavy atom. The third-order valence-electron chi connectivity index (χ3n) is 3.27. The van der Waals surface area contributed by atoms with Crippen LogP contribution in [-0.4, -0.2) is 30.6 Å². The van der Waals surface area contributed by atoms with Crippen LogP contribution in [0, 0.1) is 0 Å². The second kappa shape index (κ2) is 5.92. The molecular formula is C14H22N2O. The fourth-order valence-corrected chi connectivity index (χ4v) is 2.21. The van der Waals surface area contributed by atoms with Crippen LogP contribution < -0.4 is 10.5 Å². The van der Waals surface area contributed by atoms with Crippen molar-refractivity contribution in [3.63, 3.8) is 0 Å². The van der Waals surface area contributed by atoms with Crippen LogP contribution in [0.15, 0.2) is 24.3 Å². The predicted octanol–water partition coefficient (Wildman–Crippen LogP) is 2.52. The Hall–Kier alpha value is -1.22. The number of hydrogen-bond acceptors (Lipinski definition) is 3. The van der Waals surface area contributed by atoms with Crippen LogP contribution in [0.5, 0.6) is 5.75 Å². The molecule has 1 unspecified atom stereocenters. The van der Waals surface area contributed by atoms with E-state index in [-0.39, 0.29) is 6.10 Å². The van der Waals surface area contributed by atoms with Gasteiger partial charge in [-0.2, -0.15) is 0 Å². The summed E-state index contributed by atoms with van der Waals surface area (Å²) < 4.78 is 5.85. The maximum absolute atomic E-state index is 5.85. The first-order valence-electron chi connectivity index (χ1n) is 6.48. The number of nitrogens with zero attached hydrogens (tertiary/aromatic N) is 1. The van der Waals surface area contributed by atoms with Crippen molar-refractivity contribution in [2.45, 2.75) is 32.3 Å². The van der Waals surface area contributed by atoms with Crippen LogP contribution in [-0.2, 0) is 0 Å². The third kappa shape index (κ3) is 3.93. The van der Waals surface area contributed by atoms with Crippen molar-refractivity contribution in [2.24, 2.45) is 0 Å². The van der Waals surface area contributed by atoms with E-state index in [1.165, 1.54) is 25.9 Å². The second-order valence-electron chi connectivity index (χ2n) is 4.83. The lowest BCUT2D eigenvalue weighted by atomic mass is 10.2. The molecule has 0 amide bonds. The molecule has 1 fully saturated rings. The van der Waals surface area contributed by atoms with Gasteiger partial charge in [-0.15, -0.1) is 0 Å². The van der Waals surface area contributed by atoms with Crippen molar-refractivity contribution in [2.75, 3.05) is 25.4 Å². The number of rotatable bonds is 5. The number of benzene rings is 1. The van der Waals surface area contributed by atoms with E-state index in [4.69, 9.17) is 10.5 Å². The molecule has 1 aromatic carbocycles. The third-order valence-corrected chi connectivity index (χ3v) is 3.27. The van der Waals surface area contributed by atoms with Gasteiger partial charge in [0.05, 0.1) is 6.10 Å². The summed E-state index contributed by atoms with van der Waals surface area (Å²) >= 11 is 0. The summed E-state index contributed by atoms with van der Waals surface area (Å²) in [6.07, 6.45) is 4.06. The molecule has 94 valence electrons. The molecule has 0 aliphatic carbocycles. The monoisotopic (exact) mass is 234 g/mol. The average molecular weight is 234 g/mol. The molecule has 1 aromatic rings. The van der Waals surface area contributed by atoms with Crippen molar-refractivity contribution in [1.82, 2.24) is 4.90 Å². The van der Waals surface area contributed by atoms with Crippen LogP contribution in [0.25, 0.3) is 0 Å². The van der Waals surface area contributed by atoms with Crippen molar-refractivity contribution < 1.29 is 4.74 Å². The minimum atomic E-state index is 0.263. The first kappa shape index (κ1) is 12.2. The summed E-state index contributed by atoms with van der Waals surface area (Å²) in [5.74, 6) is 0.910. The van der Waals surface area contributed by atoms with Gasteiger partial charge in [0.25, 0.3) is 0 Å². The highest BCUT2D eigenvalue weighted by Crippen LogP contribution is 2.16. The van der Waals surface area contributed by atoms with E-state index in [2.05, 4.69) is 11.8 Å². The highest BCUT2D eigenvalue weighted by Gasteiger charge is 2.13. The van der Waals surface area contributed by atoms with Gasteiger partial charge < -0.3 is 15.4 Å². The van der Waals surface area contributed by atoms with E-state index in [1.807, 2.05) is 24.3 Å². The van der Waals surface area contributed by atoms with E-state index < -0.39 is 0 Å². The zero-order chi connectivity index (χ0) is 12.1. The first-order valence-corrected chi connectivity index (χ1v) is 6.48. The number of likely N-dealkylation sites (tertiary alicyclic amines) is 1. The lowest BCUT2D eigenvalue weighted by molar-refractivity contribution is 0.187. The zero-order valence-corrected chi connectivity index (χ0v) is 10.6. The van der Waals surface area contributed by atoms with Crippen LogP contribution in [0.4, 0.5) is 5.69 Å². The minimum Gasteiger partial charge on any atom is -0.491 e. The van der Waals surface area contributed by atoms with Crippen LogP contribution in [0.3, 0.4) is 0 Å². The number of ether oxygens (including phenoxy) is 1. The van der Waals surface area contributed by atoms with Gasteiger partial charge in [0.1, 0.15) is 5.75 Å². The zero-order valence-electron chi connectivity index (χ0n) is 10.6. The van der Waals surface area contributed by atoms with Gasteiger partial charge in [-0.3, -0.25) is 0 Å². The van der Waals surface area contributed by atoms with Gasteiger partial charge >= 0.3 is 0 Å². The summed E-state index contributed by atoms with van der Waals surface area (Å²) in [4.78, 5) is 2.52. The van der Waals surface area contributed by atoms with Crippen molar-refractivity contribution in [1.29, 1.82) is 0 Å². The summed E-state index contributed by atoms with van der Waals surface area (Å²) in [5, 5.41) is 0. The molecule has 1 aliphatic heterocycles. The summed E-state index contributed by atoms with van der Waals surface area (Å²) in [6.45, 7) is 5.80. The first-order chi connectivity index (χ1) is 8.24. The molecule has 0 aromatic heterocycles. The normalized spacial score (nSPS) is 18.2. The molecule has 2 rings (SSSR count). The van der Waals surface area contributed by atoms with Crippen LogP contribution in [0.1, 0.15) is 26.2 Å². The quantitative estimate of drug-likeness (QED) is 0.796. The molecule has 0 radical (unpaired) electrons. The molecule has 2 N–H and O–H groups in total. The SMILES string of the molecule is CC(CCN1CCCC1)Oc1ccc(N)cc1. The fraction of sp³-hybridized carbons (Fsp3) is 0.571. The molecule has 1 heterocycles. The Morgan fingerprint density at radius 3 is 2.53 bits per heavy atom. The maximum Gasteiger partial charge on any atom is 0.119 e. The molecule has 0 bridgehead atoms. The lowest BCUT2D eigenvalue weighted by Gasteiger charge is -2.19. The molecule has 1 saturated heterocycles. The molecule has 1 atom stereocenters. The number of anilines is 1. The van der Waals surface area contributed by atoms with Crippen LogP contribution >= 0.6 is 0 Å². The van der Waals surface area contributed by atoms with E-state index in [9.17, 15) is 0 Å². The number of hydrogen-bond donors (Lipinski definition) is 1. The van der Waals surface area contributed by atoms with Gasteiger partial charge in [0, 0.05) is 12.2 Å². The smallest absolute Gasteiger partial charge is 0.119 e. The van der Waals surface area contributed by atoms with E-state index in [0.29, 0.717) is 0 Å². The largest absolute Gasteiger partial charge is 0.491 e. The fourth-order valence-electron chi connectivity index (χ4n) is 2.21. The van der Waals surface area contributed by atoms with Gasteiger partial charge in [0.15, 0.2) is 0 Å². The Morgan fingerprint density at radius 1 is 1.24 bits per heavy atom. The van der Waals surface area contributed by atoms with Gasteiger partial charge in [0.2, 0.25) is 0 Å². The van der Waals surface area contributed by atoms with Gasteiger partial charge in [-0.05, 0) is 63.5 Å². The van der Waals surface area contributed by atoms with Gasteiger partial charge in [-0.1, -0.05) is 0 Å².